The zero-order valence-electron chi connectivity index (χ0n) is 18.4. The third-order valence-electron chi connectivity index (χ3n) is 6.44. The summed E-state index contributed by atoms with van der Waals surface area (Å²) in [6.45, 7) is 7.76. The Labute approximate surface area is 196 Å². The maximum Gasteiger partial charge on any atom is 0.263 e. The molecule has 3 aliphatic heterocycles. The summed E-state index contributed by atoms with van der Waals surface area (Å²) in [5.74, 6) is -1.28. The van der Waals surface area contributed by atoms with Gasteiger partial charge in [-0.3, -0.25) is 14.4 Å². The molecule has 0 radical (unpaired) electrons. The predicted octanol–water partition coefficient (Wildman–Crippen LogP) is 3.80. The second-order valence-electron chi connectivity index (χ2n) is 8.71. The zero-order valence-corrected chi connectivity index (χ0v) is 19.2. The Balaban J connectivity index is 1.49. The Morgan fingerprint density at radius 1 is 1.03 bits per heavy atom. The maximum atomic E-state index is 13.6. The average Bonchev–Trinajstić information content (AvgIpc) is 3.24. The molecule has 0 aromatic heterocycles. The minimum Gasteiger partial charge on any atom is -0.355 e. The van der Waals surface area contributed by atoms with Gasteiger partial charge in [0, 0.05) is 21.9 Å². The van der Waals surface area contributed by atoms with Gasteiger partial charge in [-0.05, 0) is 44.2 Å². The molecule has 33 heavy (non-hydrogen) atoms. The van der Waals surface area contributed by atoms with E-state index in [0.29, 0.717) is 22.7 Å². The van der Waals surface area contributed by atoms with Gasteiger partial charge in [-0.1, -0.05) is 43.0 Å². The molecular weight excluding hydrogens is 436 g/mol. The van der Waals surface area contributed by atoms with Crippen molar-refractivity contribution in [3.8, 4) is 0 Å². The molecule has 3 aliphatic rings. The molecule has 2 fully saturated rings. The van der Waals surface area contributed by atoms with Crippen molar-refractivity contribution in [3.63, 3.8) is 0 Å². The fourth-order valence-corrected chi connectivity index (χ4v) is 5.88. The molecule has 0 N–H and O–H groups in total. The van der Waals surface area contributed by atoms with Gasteiger partial charge in [0.1, 0.15) is 5.60 Å². The van der Waals surface area contributed by atoms with E-state index in [9.17, 15) is 14.4 Å². The minimum atomic E-state index is -0.957. The maximum absolute atomic E-state index is 13.6. The van der Waals surface area contributed by atoms with Gasteiger partial charge in [-0.25, -0.2) is 4.90 Å². The van der Waals surface area contributed by atoms with Gasteiger partial charge in [-0.15, -0.1) is 11.8 Å². The Morgan fingerprint density at radius 3 is 2.33 bits per heavy atom. The first kappa shape index (κ1) is 21.7. The van der Waals surface area contributed by atoms with Gasteiger partial charge in [0.15, 0.2) is 6.10 Å². The van der Waals surface area contributed by atoms with Gasteiger partial charge in [0.05, 0.1) is 17.6 Å². The lowest BCUT2D eigenvalue weighted by molar-refractivity contribution is -0.135. The number of benzene rings is 2. The van der Waals surface area contributed by atoms with Crippen molar-refractivity contribution in [3.05, 3.63) is 84.6 Å². The highest BCUT2D eigenvalue weighted by atomic mass is 32.2. The van der Waals surface area contributed by atoms with Crippen molar-refractivity contribution < 1.29 is 19.1 Å². The first-order valence-corrected chi connectivity index (χ1v) is 11.8. The molecule has 3 amide bonds. The van der Waals surface area contributed by atoms with Crippen LogP contribution in [0.3, 0.4) is 0 Å². The molecular formula is C26H24N2O4S. The second-order valence-corrected chi connectivity index (χ2v) is 9.76. The third kappa shape index (κ3) is 3.43. The SMILES string of the molecule is C=C(CSc1ccccc1)N1C(=O)C(C)=C[C@]2(C)O[C@@H]3C(=O)N(c4ccccc4)C(=O)[C@@H]3[C@H]12. The number of fused-ring (bicyclic) bond motifs is 3. The standard InChI is InChI=1S/C26H24N2O4S/c1-16-14-26(3)22(27(23(16)29)17(2)15-33-19-12-8-5-9-13-19)20-21(32-26)25(31)28(24(20)30)18-10-6-4-7-11-18/h4-14,20-22H,2,15H2,1,3H3/t20-,21-,22-,26-/m0/s1. The molecule has 2 saturated heterocycles. The Hall–Kier alpha value is -3.16. The normalized spacial score (nSPS) is 28.6. The van der Waals surface area contributed by atoms with Gasteiger partial charge < -0.3 is 9.64 Å². The number of hydrogen-bond acceptors (Lipinski definition) is 5. The predicted molar refractivity (Wildman–Crippen MR) is 126 cm³/mol. The van der Waals surface area contributed by atoms with Crippen molar-refractivity contribution >= 4 is 35.2 Å². The van der Waals surface area contributed by atoms with E-state index in [1.807, 2.05) is 43.3 Å². The molecule has 0 aliphatic carbocycles. The van der Waals surface area contributed by atoms with Crippen LogP contribution in [-0.2, 0) is 19.1 Å². The second kappa shape index (κ2) is 8.01. The molecule has 4 atom stereocenters. The molecule has 0 unspecified atom stereocenters. The van der Waals surface area contributed by atoms with Crippen LogP contribution in [0.1, 0.15) is 13.8 Å². The van der Waals surface area contributed by atoms with Crippen LogP contribution in [0.25, 0.3) is 0 Å². The minimum absolute atomic E-state index is 0.209. The van der Waals surface area contributed by atoms with Crippen LogP contribution in [-0.4, -0.2) is 46.1 Å². The summed E-state index contributed by atoms with van der Waals surface area (Å²) in [6.07, 6.45) is 0.805. The molecule has 0 saturated carbocycles. The fraction of sp³-hybridized carbons (Fsp3) is 0.269. The summed E-state index contributed by atoms with van der Waals surface area (Å²) < 4.78 is 6.24. The Kier molecular flexibility index (Phi) is 5.26. The third-order valence-corrected chi connectivity index (χ3v) is 7.53. The number of amides is 3. The van der Waals surface area contributed by atoms with Crippen LogP contribution >= 0.6 is 11.8 Å². The van der Waals surface area contributed by atoms with E-state index in [2.05, 4.69) is 6.58 Å². The largest absolute Gasteiger partial charge is 0.355 e. The lowest BCUT2D eigenvalue weighted by Gasteiger charge is -2.43. The number of anilines is 1. The summed E-state index contributed by atoms with van der Waals surface area (Å²) in [4.78, 5) is 44.0. The molecule has 168 valence electrons. The van der Waals surface area contributed by atoms with E-state index in [1.165, 1.54) is 4.90 Å². The number of thioether (sulfide) groups is 1. The van der Waals surface area contributed by atoms with Crippen molar-refractivity contribution in [2.45, 2.75) is 36.5 Å². The van der Waals surface area contributed by atoms with Gasteiger partial charge in [-0.2, -0.15) is 0 Å². The van der Waals surface area contributed by atoms with Crippen LogP contribution < -0.4 is 4.90 Å². The number of nitrogens with zero attached hydrogens (tertiary/aromatic N) is 2. The van der Waals surface area contributed by atoms with Gasteiger partial charge in [0.25, 0.3) is 11.8 Å². The van der Waals surface area contributed by atoms with Gasteiger partial charge >= 0.3 is 0 Å². The number of imide groups is 1. The summed E-state index contributed by atoms with van der Waals surface area (Å²) in [7, 11) is 0. The van der Waals surface area contributed by atoms with Crippen molar-refractivity contribution in [2.24, 2.45) is 5.92 Å². The van der Waals surface area contributed by atoms with Crippen LogP contribution in [0.5, 0.6) is 0 Å². The average molecular weight is 461 g/mol. The smallest absolute Gasteiger partial charge is 0.263 e. The van der Waals surface area contributed by atoms with Crippen LogP contribution in [0.2, 0.25) is 0 Å². The molecule has 7 heteroatoms. The van der Waals surface area contributed by atoms with Crippen molar-refractivity contribution in [2.75, 3.05) is 10.7 Å². The highest BCUT2D eigenvalue weighted by molar-refractivity contribution is 7.99. The van der Waals surface area contributed by atoms with Crippen LogP contribution in [0.15, 0.2) is 89.5 Å². The molecule has 2 aromatic carbocycles. The molecule has 6 nitrogen and oxygen atoms in total. The van der Waals surface area contributed by atoms with Crippen molar-refractivity contribution in [1.82, 2.24) is 4.90 Å². The number of carbonyl (C=O) groups is 3. The van der Waals surface area contributed by atoms with E-state index in [-0.39, 0.29) is 11.8 Å². The Morgan fingerprint density at radius 2 is 1.67 bits per heavy atom. The lowest BCUT2D eigenvalue weighted by atomic mass is 9.81. The van der Waals surface area contributed by atoms with E-state index < -0.39 is 29.6 Å². The molecule has 2 aromatic rings. The first-order chi connectivity index (χ1) is 15.8. The van der Waals surface area contributed by atoms with Crippen LogP contribution in [0, 0.1) is 5.92 Å². The Bertz CT molecular complexity index is 1180. The van der Waals surface area contributed by atoms with E-state index >= 15 is 0 Å². The monoisotopic (exact) mass is 460 g/mol. The van der Waals surface area contributed by atoms with Crippen molar-refractivity contribution in [1.29, 1.82) is 0 Å². The molecule has 5 rings (SSSR count). The zero-order chi connectivity index (χ0) is 23.3. The molecule has 3 heterocycles. The quantitative estimate of drug-likeness (QED) is 0.502. The lowest BCUT2D eigenvalue weighted by Crippen LogP contribution is -2.57. The summed E-state index contributed by atoms with van der Waals surface area (Å²) in [5.41, 5.74) is 0.646. The van der Waals surface area contributed by atoms with Crippen LogP contribution in [0.4, 0.5) is 5.69 Å². The van der Waals surface area contributed by atoms with Gasteiger partial charge in [0.2, 0.25) is 5.91 Å². The number of hydrogen-bond donors (Lipinski definition) is 0. The fourth-order valence-electron chi connectivity index (χ4n) is 5.06. The summed E-state index contributed by atoms with van der Waals surface area (Å²) >= 11 is 1.57. The topological polar surface area (TPSA) is 66.9 Å². The highest BCUT2D eigenvalue weighted by Gasteiger charge is 2.67. The molecule has 0 spiro atoms. The van der Waals surface area contributed by atoms with E-state index in [4.69, 9.17) is 4.74 Å². The first-order valence-electron chi connectivity index (χ1n) is 10.8. The molecule has 0 bridgehead atoms. The van der Waals surface area contributed by atoms with E-state index in [1.54, 1.807) is 53.9 Å². The summed E-state index contributed by atoms with van der Waals surface area (Å²) in [6, 6.07) is 18.0. The highest BCUT2D eigenvalue weighted by Crippen LogP contribution is 2.49. The number of para-hydroxylation sites is 1. The number of carbonyl (C=O) groups excluding carboxylic acids is 3. The van der Waals surface area contributed by atoms with E-state index in [0.717, 1.165) is 4.90 Å². The number of rotatable bonds is 5. The summed E-state index contributed by atoms with van der Waals surface area (Å²) in [5, 5.41) is 0. The number of ether oxygens (including phenoxy) is 1.